The van der Waals surface area contributed by atoms with Crippen LogP contribution in [0.3, 0.4) is 0 Å². The summed E-state index contributed by atoms with van der Waals surface area (Å²) >= 11 is 0. The number of nitrogens with zero attached hydrogens (tertiary/aromatic N) is 6. The van der Waals surface area contributed by atoms with Crippen molar-refractivity contribution in [3.8, 4) is 0 Å². The van der Waals surface area contributed by atoms with Crippen LogP contribution in [0.25, 0.3) is 0 Å². The molecule has 0 spiro atoms. The first-order chi connectivity index (χ1) is 13.3. The number of anilines is 2. The minimum absolute atomic E-state index is 0.0542. The van der Waals surface area contributed by atoms with Crippen molar-refractivity contribution < 1.29 is 4.79 Å². The van der Waals surface area contributed by atoms with E-state index in [-0.39, 0.29) is 5.91 Å². The van der Waals surface area contributed by atoms with Gasteiger partial charge in [0.05, 0.1) is 5.56 Å². The fourth-order valence-corrected chi connectivity index (χ4v) is 3.75. The summed E-state index contributed by atoms with van der Waals surface area (Å²) in [7, 11) is 0. The predicted octanol–water partition coefficient (Wildman–Crippen LogP) is 2.21. The molecule has 142 valence electrons. The first-order valence-corrected chi connectivity index (χ1v) is 9.83. The van der Waals surface area contributed by atoms with Crippen LogP contribution in [0.5, 0.6) is 0 Å². The lowest BCUT2D eigenvalue weighted by Gasteiger charge is -2.34. The highest BCUT2D eigenvalue weighted by Crippen LogP contribution is 2.18. The highest BCUT2D eigenvalue weighted by molar-refractivity contribution is 5.94. The molecule has 2 aromatic rings. The molecule has 2 aromatic heterocycles. The van der Waals surface area contributed by atoms with Crippen molar-refractivity contribution in [2.75, 3.05) is 49.1 Å². The molecule has 0 radical (unpaired) electrons. The van der Waals surface area contributed by atoms with Crippen LogP contribution < -0.4 is 9.80 Å². The number of aromatic nitrogens is 3. The lowest BCUT2D eigenvalue weighted by atomic mass is 10.2. The summed E-state index contributed by atoms with van der Waals surface area (Å²) in [6, 6.07) is 5.72. The zero-order valence-electron chi connectivity index (χ0n) is 15.6. The second-order valence-corrected chi connectivity index (χ2v) is 7.13. The molecule has 0 aliphatic carbocycles. The topological polar surface area (TPSA) is 65.5 Å². The Hall–Kier alpha value is -2.70. The Bertz CT molecular complexity index is 735. The van der Waals surface area contributed by atoms with Gasteiger partial charge in [-0.2, -0.15) is 0 Å². The maximum absolute atomic E-state index is 12.8. The van der Waals surface area contributed by atoms with Gasteiger partial charge in [-0.1, -0.05) is 12.8 Å². The van der Waals surface area contributed by atoms with Crippen LogP contribution in [0.15, 0.2) is 36.8 Å². The molecule has 2 aliphatic rings. The number of pyridine rings is 1. The summed E-state index contributed by atoms with van der Waals surface area (Å²) < 4.78 is 0. The lowest BCUT2D eigenvalue weighted by molar-refractivity contribution is 0.0746. The average Bonchev–Trinajstić information content (AvgIpc) is 3.04. The van der Waals surface area contributed by atoms with E-state index in [9.17, 15) is 4.79 Å². The fourth-order valence-electron chi connectivity index (χ4n) is 3.75. The lowest BCUT2D eigenvalue weighted by Crippen LogP contribution is -2.49. The number of rotatable bonds is 3. The van der Waals surface area contributed by atoms with Crippen LogP contribution in [0, 0.1) is 0 Å². The Balaban J connectivity index is 1.36. The van der Waals surface area contributed by atoms with Crippen molar-refractivity contribution in [1.29, 1.82) is 0 Å². The van der Waals surface area contributed by atoms with Gasteiger partial charge in [-0.15, -0.1) is 0 Å². The van der Waals surface area contributed by atoms with Crippen LogP contribution in [0.2, 0.25) is 0 Å². The quantitative estimate of drug-likeness (QED) is 0.830. The molecule has 0 aromatic carbocycles. The maximum atomic E-state index is 12.8. The van der Waals surface area contributed by atoms with Crippen molar-refractivity contribution in [3.63, 3.8) is 0 Å². The molecule has 0 atom stereocenters. The van der Waals surface area contributed by atoms with Gasteiger partial charge >= 0.3 is 0 Å². The Morgan fingerprint density at radius 3 is 2.11 bits per heavy atom. The predicted molar refractivity (Wildman–Crippen MR) is 105 cm³/mol. The van der Waals surface area contributed by atoms with E-state index in [1.807, 2.05) is 23.1 Å². The largest absolute Gasteiger partial charge is 0.357 e. The first-order valence-electron chi connectivity index (χ1n) is 9.83. The number of carbonyl (C=O) groups excluding carboxylic acids is 1. The van der Waals surface area contributed by atoms with E-state index in [1.54, 1.807) is 18.6 Å². The summed E-state index contributed by atoms with van der Waals surface area (Å²) in [5, 5.41) is 0. The maximum Gasteiger partial charge on any atom is 0.255 e. The second kappa shape index (κ2) is 8.33. The second-order valence-electron chi connectivity index (χ2n) is 7.13. The average molecular weight is 366 g/mol. The third-order valence-corrected chi connectivity index (χ3v) is 5.33. The number of piperazine rings is 1. The number of hydrogen-bond donors (Lipinski definition) is 0. The number of carbonyl (C=O) groups is 1. The third-order valence-electron chi connectivity index (χ3n) is 5.33. The molecule has 2 saturated heterocycles. The minimum Gasteiger partial charge on any atom is -0.357 e. The van der Waals surface area contributed by atoms with Crippen molar-refractivity contribution in [2.24, 2.45) is 0 Å². The minimum atomic E-state index is 0.0542. The summed E-state index contributed by atoms with van der Waals surface area (Å²) in [6.45, 7) is 4.95. The molecule has 2 aliphatic heterocycles. The molecular weight excluding hydrogens is 340 g/mol. The van der Waals surface area contributed by atoms with Gasteiger partial charge in [0.1, 0.15) is 5.82 Å². The van der Waals surface area contributed by atoms with Gasteiger partial charge in [0.2, 0.25) is 5.95 Å². The SMILES string of the molecule is O=C(c1ccc(N2CCCCCC2)nc1)N1CCN(c2ncccn2)CC1. The molecule has 2 fully saturated rings. The van der Waals surface area contributed by atoms with Crippen molar-refractivity contribution >= 4 is 17.7 Å². The Morgan fingerprint density at radius 1 is 0.778 bits per heavy atom. The molecular formula is C20H26N6O. The fraction of sp³-hybridized carbons (Fsp3) is 0.500. The standard InChI is InChI=1S/C20H26N6O/c27-19(25-12-14-26(15-13-25)20-21-8-5-9-22-20)17-6-7-18(23-16-17)24-10-3-1-2-4-11-24/h5-9,16H,1-4,10-15H2. The van der Waals surface area contributed by atoms with Gasteiger partial charge in [0.25, 0.3) is 5.91 Å². The Labute approximate surface area is 160 Å². The monoisotopic (exact) mass is 366 g/mol. The molecule has 0 unspecified atom stereocenters. The van der Waals surface area contributed by atoms with E-state index < -0.39 is 0 Å². The van der Waals surface area contributed by atoms with Gasteiger partial charge in [-0.3, -0.25) is 4.79 Å². The number of amides is 1. The van der Waals surface area contributed by atoms with E-state index in [0.717, 1.165) is 37.9 Å². The highest BCUT2D eigenvalue weighted by atomic mass is 16.2. The van der Waals surface area contributed by atoms with Gasteiger partial charge in [0, 0.05) is 57.9 Å². The van der Waals surface area contributed by atoms with Crippen LogP contribution in [0.1, 0.15) is 36.0 Å². The van der Waals surface area contributed by atoms with Gasteiger partial charge in [0.15, 0.2) is 0 Å². The molecule has 0 N–H and O–H groups in total. The molecule has 27 heavy (non-hydrogen) atoms. The molecule has 0 saturated carbocycles. The Morgan fingerprint density at radius 2 is 1.48 bits per heavy atom. The molecule has 4 rings (SSSR count). The zero-order chi connectivity index (χ0) is 18.5. The van der Waals surface area contributed by atoms with E-state index in [0.29, 0.717) is 18.7 Å². The summed E-state index contributed by atoms with van der Waals surface area (Å²) in [6.07, 6.45) is 10.3. The molecule has 7 nitrogen and oxygen atoms in total. The summed E-state index contributed by atoms with van der Waals surface area (Å²) in [5.74, 6) is 1.77. The van der Waals surface area contributed by atoms with Crippen LogP contribution in [-0.4, -0.2) is 65.0 Å². The van der Waals surface area contributed by atoms with Crippen LogP contribution in [0.4, 0.5) is 11.8 Å². The molecule has 7 heteroatoms. The van der Waals surface area contributed by atoms with Gasteiger partial charge < -0.3 is 14.7 Å². The smallest absolute Gasteiger partial charge is 0.255 e. The van der Waals surface area contributed by atoms with E-state index in [4.69, 9.17) is 0 Å². The molecule has 0 bridgehead atoms. The van der Waals surface area contributed by atoms with Gasteiger partial charge in [-0.25, -0.2) is 15.0 Å². The van der Waals surface area contributed by atoms with E-state index in [1.165, 1.54) is 25.7 Å². The Kier molecular flexibility index (Phi) is 5.46. The van der Waals surface area contributed by atoms with E-state index in [2.05, 4.69) is 24.8 Å². The van der Waals surface area contributed by atoms with Crippen LogP contribution in [-0.2, 0) is 0 Å². The van der Waals surface area contributed by atoms with Gasteiger partial charge in [-0.05, 0) is 31.0 Å². The van der Waals surface area contributed by atoms with Crippen molar-refractivity contribution in [2.45, 2.75) is 25.7 Å². The zero-order valence-corrected chi connectivity index (χ0v) is 15.6. The molecule has 4 heterocycles. The normalized spacial score (nSPS) is 18.3. The van der Waals surface area contributed by atoms with Crippen molar-refractivity contribution in [1.82, 2.24) is 19.9 Å². The number of hydrogen-bond acceptors (Lipinski definition) is 6. The molecule has 1 amide bonds. The van der Waals surface area contributed by atoms with Crippen LogP contribution >= 0.6 is 0 Å². The third kappa shape index (κ3) is 4.18. The summed E-state index contributed by atoms with van der Waals surface area (Å²) in [4.78, 5) is 32.3. The van der Waals surface area contributed by atoms with E-state index >= 15 is 0 Å². The first kappa shape index (κ1) is 17.7. The van der Waals surface area contributed by atoms with Crippen molar-refractivity contribution in [3.05, 3.63) is 42.4 Å². The summed E-state index contributed by atoms with van der Waals surface area (Å²) in [5.41, 5.74) is 0.665. The highest BCUT2D eigenvalue weighted by Gasteiger charge is 2.23.